The maximum absolute atomic E-state index is 10.2. The second kappa shape index (κ2) is 6.12. The molecule has 1 unspecified atom stereocenters. The van der Waals surface area contributed by atoms with E-state index in [9.17, 15) is 4.79 Å². The Morgan fingerprint density at radius 3 is 2.55 bits per heavy atom. The van der Waals surface area contributed by atoms with E-state index in [1.165, 1.54) is 0 Å². The number of amides is 1. The van der Waals surface area contributed by atoms with Crippen molar-refractivity contribution in [2.75, 3.05) is 6.61 Å². The van der Waals surface area contributed by atoms with Gasteiger partial charge >= 0.3 is 0 Å². The molecule has 66 valence electrons. The number of hydrogen-bond donors (Lipinski definition) is 3. The first-order valence-electron chi connectivity index (χ1n) is 3.74. The summed E-state index contributed by atoms with van der Waals surface area (Å²) in [6.07, 6.45) is 1.31. The second-order valence-electron chi connectivity index (χ2n) is 2.52. The fourth-order valence-corrected chi connectivity index (χ4v) is 0.805. The molecular formula is C7H15NO3. The molecule has 1 amide bonds. The number of carbonyl (C=O) groups is 1. The van der Waals surface area contributed by atoms with E-state index in [1.54, 1.807) is 0 Å². The van der Waals surface area contributed by atoms with Gasteiger partial charge in [0.1, 0.15) is 0 Å². The largest absolute Gasteiger partial charge is 0.396 e. The fourth-order valence-electron chi connectivity index (χ4n) is 0.805. The van der Waals surface area contributed by atoms with Gasteiger partial charge in [-0.15, -0.1) is 0 Å². The van der Waals surface area contributed by atoms with Gasteiger partial charge in [0.05, 0.1) is 6.10 Å². The van der Waals surface area contributed by atoms with Gasteiger partial charge in [-0.25, -0.2) is 0 Å². The van der Waals surface area contributed by atoms with Crippen LogP contribution >= 0.6 is 0 Å². The molecule has 0 aromatic heterocycles. The molecule has 0 spiro atoms. The van der Waals surface area contributed by atoms with Crippen LogP contribution in [-0.2, 0) is 4.79 Å². The van der Waals surface area contributed by atoms with Gasteiger partial charge in [0.2, 0.25) is 5.91 Å². The van der Waals surface area contributed by atoms with Crippen molar-refractivity contribution in [2.24, 2.45) is 5.73 Å². The van der Waals surface area contributed by atoms with E-state index in [2.05, 4.69) is 0 Å². The maximum atomic E-state index is 10.2. The molecule has 4 N–H and O–H groups in total. The highest BCUT2D eigenvalue weighted by molar-refractivity contribution is 5.73. The van der Waals surface area contributed by atoms with Crippen LogP contribution in [-0.4, -0.2) is 28.8 Å². The summed E-state index contributed by atoms with van der Waals surface area (Å²) in [5.41, 5.74) is 4.88. The molecule has 0 aliphatic heterocycles. The number of nitrogens with two attached hydrogens (primary N) is 1. The van der Waals surface area contributed by atoms with Gasteiger partial charge in [0, 0.05) is 13.0 Å². The highest BCUT2D eigenvalue weighted by Gasteiger charge is 2.03. The van der Waals surface area contributed by atoms with Crippen LogP contribution in [0.2, 0.25) is 0 Å². The van der Waals surface area contributed by atoms with Gasteiger partial charge in [0.25, 0.3) is 0 Å². The van der Waals surface area contributed by atoms with E-state index >= 15 is 0 Å². The van der Waals surface area contributed by atoms with Crippen LogP contribution < -0.4 is 5.73 Å². The predicted octanol–water partition coefficient (Wildman–Crippen LogP) is -0.615. The summed E-state index contributed by atoms with van der Waals surface area (Å²) in [5.74, 6) is -0.346. The van der Waals surface area contributed by atoms with E-state index in [0.29, 0.717) is 25.7 Å². The van der Waals surface area contributed by atoms with Crippen LogP contribution in [0.3, 0.4) is 0 Å². The lowest BCUT2D eigenvalue weighted by Crippen LogP contribution is -2.13. The maximum Gasteiger partial charge on any atom is 0.217 e. The summed E-state index contributed by atoms with van der Waals surface area (Å²) in [4.78, 5) is 10.2. The van der Waals surface area contributed by atoms with E-state index < -0.39 is 6.10 Å². The normalized spacial score (nSPS) is 12.9. The third kappa shape index (κ3) is 7.29. The smallest absolute Gasteiger partial charge is 0.217 e. The summed E-state index contributed by atoms with van der Waals surface area (Å²) < 4.78 is 0. The van der Waals surface area contributed by atoms with Gasteiger partial charge in [-0.2, -0.15) is 0 Å². The van der Waals surface area contributed by atoms with E-state index in [1.807, 2.05) is 0 Å². The van der Waals surface area contributed by atoms with Crippen LogP contribution in [0.4, 0.5) is 0 Å². The zero-order valence-corrected chi connectivity index (χ0v) is 6.49. The van der Waals surface area contributed by atoms with Gasteiger partial charge in [-0.3, -0.25) is 4.79 Å². The molecule has 0 rings (SSSR count). The number of aliphatic hydroxyl groups excluding tert-OH is 2. The molecule has 11 heavy (non-hydrogen) atoms. The van der Waals surface area contributed by atoms with Crippen LogP contribution in [0.1, 0.15) is 25.7 Å². The minimum atomic E-state index is -0.501. The number of carbonyl (C=O) groups excluding carboxylic acids is 1. The number of hydrogen-bond acceptors (Lipinski definition) is 3. The molecule has 0 aromatic rings. The molecule has 1 atom stereocenters. The summed E-state index contributed by atoms with van der Waals surface area (Å²) in [6, 6.07) is 0. The molecule has 0 aliphatic carbocycles. The number of aliphatic hydroxyl groups is 2. The Bertz CT molecular complexity index is 116. The Kier molecular flexibility index (Phi) is 5.78. The zero-order chi connectivity index (χ0) is 8.69. The van der Waals surface area contributed by atoms with Gasteiger partial charge in [-0.1, -0.05) is 0 Å². The van der Waals surface area contributed by atoms with Crippen LogP contribution in [0.25, 0.3) is 0 Å². The summed E-state index contributed by atoms with van der Waals surface area (Å²) >= 11 is 0. The van der Waals surface area contributed by atoms with Crippen LogP contribution in [0.5, 0.6) is 0 Å². The number of rotatable bonds is 6. The molecule has 0 fully saturated rings. The second-order valence-corrected chi connectivity index (χ2v) is 2.52. The van der Waals surface area contributed by atoms with Crippen molar-refractivity contribution in [2.45, 2.75) is 31.8 Å². The minimum absolute atomic E-state index is 0.0161. The summed E-state index contributed by atoms with van der Waals surface area (Å²) in [7, 11) is 0. The molecule has 4 nitrogen and oxygen atoms in total. The highest BCUT2D eigenvalue weighted by atomic mass is 16.3. The third-order valence-electron chi connectivity index (χ3n) is 1.42. The summed E-state index contributed by atoms with van der Waals surface area (Å²) in [5, 5.41) is 17.4. The monoisotopic (exact) mass is 161 g/mol. The lowest BCUT2D eigenvalue weighted by molar-refractivity contribution is -0.118. The molecule has 0 saturated carbocycles. The van der Waals surface area contributed by atoms with E-state index in [4.69, 9.17) is 15.9 Å². The quantitative estimate of drug-likeness (QED) is 0.485. The first-order valence-corrected chi connectivity index (χ1v) is 3.74. The van der Waals surface area contributed by atoms with Gasteiger partial charge in [-0.05, 0) is 19.3 Å². The van der Waals surface area contributed by atoms with Crippen LogP contribution in [0, 0.1) is 0 Å². The number of primary amides is 1. The van der Waals surface area contributed by atoms with Crippen molar-refractivity contribution in [1.82, 2.24) is 0 Å². The lowest BCUT2D eigenvalue weighted by Gasteiger charge is -2.06. The SMILES string of the molecule is NC(=O)CCCC(O)CCO. The van der Waals surface area contributed by atoms with Crippen molar-refractivity contribution in [3.05, 3.63) is 0 Å². The average Bonchev–Trinajstić information content (AvgIpc) is 1.87. The van der Waals surface area contributed by atoms with E-state index in [-0.39, 0.29) is 12.5 Å². The van der Waals surface area contributed by atoms with Crippen molar-refractivity contribution in [1.29, 1.82) is 0 Å². The molecule has 0 radical (unpaired) electrons. The Morgan fingerprint density at radius 2 is 2.09 bits per heavy atom. The minimum Gasteiger partial charge on any atom is -0.396 e. The predicted molar refractivity (Wildman–Crippen MR) is 40.8 cm³/mol. The van der Waals surface area contributed by atoms with Crippen molar-refractivity contribution in [3.8, 4) is 0 Å². The first-order chi connectivity index (χ1) is 5.16. The highest BCUT2D eigenvalue weighted by Crippen LogP contribution is 2.02. The molecular weight excluding hydrogens is 146 g/mol. The Balaban J connectivity index is 3.16. The lowest BCUT2D eigenvalue weighted by atomic mass is 10.1. The Labute approximate surface area is 66.0 Å². The Hall–Kier alpha value is -0.610. The summed E-state index contributed by atoms with van der Waals surface area (Å²) in [6.45, 7) is -0.0161. The fraction of sp³-hybridized carbons (Fsp3) is 0.857. The van der Waals surface area contributed by atoms with Gasteiger partial charge < -0.3 is 15.9 Å². The van der Waals surface area contributed by atoms with Crippen molar-refractivity contribution >= 4 is 5.91 Å². The third-order valence-corrected chi connectivity index (χ3v) is 1.42. The molecule has 0 aromatic carbocycles. The molecule has 0 heterocycles. The first kappa shape index (κ1) is 10.4. The topological polar surface area (TPSA) is 83.6 Å². The Morgan fingerprint density at radius 1 is 1.45 bits per heavy atom. The van der Waals surface area contributed by atoms with Crippen LogP contribution in [0.15, 0.2) is 0 Å². The molecule has 4 heteroatoms. The van der Waals surface area contributed by atoms with Crippen molar-refractivity contribution in [3.63, 3.8) is 0 Å². The van der Waals surface area contributed by atoms with Crippen molar-refractivity contribution < 1.29 is 15.0 Å². The van der Waals surface area contributed by atoms with Gasteiger partial charge in [0.15, 0.2) is 0 Å². The molecule has 0 bridgehead atoms. The molecule has 0 saturated heterocycles. The molecule has 0 aliphatic rings. The average molecular weight is 161 g/mol. The standard InChI is InChI=1S/C7H15NO3/c8-7(11)3-1-2-6(10)4-5-9/h6,9-10H,1-5H2,(H2,8,11). The van der Waals surface area contributed by atoms with E-state index in [0.717, 1.165) is 0 Å². The zero-order valence-electron chi connectivity index (χ0n) is 6.49.